The van der Waals surface area contributed by atoms with E-state index in [1.54, 1.807) is 44.4 Å². The number of likely N-dealkylation sites (N-methyl/N-ethyl adjacent to an activating group) is 1. The molecule has 1 aliphatic rings. The first kappa shape index (κ1) is 22.5. The molecule has 0 atom stereocenters. The highest BCUT2D eigenvalue weighted by atomic mass is 32.2. The minimum absolute atomic E-state index is 0.135. The Kier molecular flexibility index (Phi) is 6.70. The lowest BCUT2D eigenvalue weighted by Gasteiger charge is -2.27. The van der Waals surface area contributed by atoms with Crippen LogP contribution in [0.25, 0.3) is 6.08 Å². The molecule has 0 aliphatic carbocycles. The number of hydrogen-bond acceptors (Lipinski definition) is 5. The number of ether oxygens (including phenoxy) is 2. The topological polar surface area (TPSA) is 67.9 Å². The van der Waals surface area contributed by atoms with Crippen molar-refractivity contribution in [1.29, 1.82) is 0 Å². The molecule has 6 nitrogen and oxygen atoms in total. The van der Waals surface area contributed by atoms with E-state index in [1.807, 2.05) is 54.6 Å². The van der Waals surface area contributed by atoms with Crippen LogP contribution in [0.3, 0.4) is 0 Å². The fraction of sp³-hybridized carbons (Fsp3) is 0.154. The van der Waals surface area contributed by atoms with Crippen molar-refractivity contribution in [3.05, 3.63) is 88.3 Å². The van der Waals surface area contributed by atoms with Crippen molar-refractivity contribution in [1.82, 2.24) is 5.32 Å². The van der Waals surface area contributed by atoms with Crippen LogP contribution in [0.15, 0.2) is 76.5 Å². The summed E-state index contributed by atoms with van der Waals surface area (Å²) in [4.78, 5) is 28.8. The van der Waals surface area contributed by atoms with E-state index in [9.17, 15) is 9.59 Å². The van der Waals surface area contributed by atoms with Gasteiger partial charge in [0.05, 0.1) is 24.8 Å². The summed E-state index contributed by atoms with van der Waals surface area (Å²) in [6.45, 7) is 0.443. The van der Waals surface area contributed by atoms with Crippen LogP contribution in [0, 0.1) is 0 Å². The monoisotopic (exact) mass is 460 g/mol. The standard InChI is InChI=1S/C26H24N2O4S/c1-28-20-15-19(25(29)27-16-17-7-5-4-6-8-17)10-12-23(20)33-24(26(28)30)14-18-9-11-21(31-2)22(13-18)32-3/h4-15H,16H2,1-3H3,(H,27,29). The van der Waals surface area contributed by atoms with Gasteiger partial charge < -0.3 is 19.7 Å². The molecule has 0 fully saturated rings. The molecule has 168 valence electrons. The Hall–Kier alpha value is -3.71. The number of benzene rings is 3. The maximum absolute atomic E-state index is 13.0. The van der Waals surface area contributed by atoms with Crippen LogP contribution < -0.4 is 19.7 Å². The Balaban J connectivity index is 1.55. The Morgan fingerprint density at radius 2 is 1.76 bits per heavy atom. The second kappa shape index (κ2) is 9.83. The molecule has 0 bridgehead atoms. The summed E-state index contributed by atoms with van der Waals surface area (Å²) in [5.41, 5.74) is 3.08. The first-order chi connectivity index (χ1) is 16.0. The predicted octanol–water partition coefficient (Wildman–Crippen LogP) is 4.74. The van der Waals surface area contributed by atoms with Crippen molar-refractivity contribution in [3.63, 3.8) is 0 Å². The average molecular weight is 461 g/mol. The second-order valence-corrected chi connectivity index (χ2v) is 8.52. The van der Waals surface area contributed by atoms with Gasteiger partial charge in [0.1, 0.15) is 0 Å². The van der Waals surface area contributed by atoms with Gasteiger partial charge in [-0.05, 0) is 47.5 Å². The lowest BCUT2D eigenvalue weighted by atomic mass is 10.1. The van der Waals surface area contributed by atoms with Gasteiger partial charge in [0.25, 0.3) is 11.8 Å². The summed E-state index contributed by atoms with van der Waals surface area (Å²) >= 11 is 1.38. The second-order valence-electron chi connectivity index (χ2n) is 7.44. The van der Waals surface area contributed by atoms with Gasteiger partial charge in [-0.25, -0.2) is 0 Å². The number of nitrogens with zero attached hydrogens (tertiary/aromatic N) is 1. The van der Waals surface area contributed by atoms with E-state index in [-0.39, 0.29) is 11.8 Å². The number of rotatable bonds is 6. The summed E-state index contributed by atoms with van der Waals surface area (Å²) in [5, 5.41) is 2.93. The third-order valence-corrected chi connectivity index (χ3v) is 6.40. The van der Waals surface area contributed by atoms with Crippen LogP contribution in [0.4, 0.5) is 5.69 Å². The van der Waals surface area contributed by atoms with Gasteiger partial charge in [0.15, 0.2) is 11.5 Å². The normalized spacial score (nSPS) is 14.1. The van der Waals surface area contributed by atoms with Crippen LogP contribution in [-0.2, 0) is 11.3 Å². The Morgan fingerprint density at radius 1 is 1.00 bits per heavy atom. The smallest absolute Gasteiger partial charge is 0.264 e. The van der Waals surface area contributed by atoms with Crippen LogP contribution in [0.2, 0.25) is 0 Å². The summed E-state index contributed by atoms with van der Waals surface area (Å²) in [5.74, 6) is 0.908. The van der Waals surface area contributed by atoms with Gasteiger partial charge in [0.2, 0.25) is 0 Å². The minimum Gasteiger partial charge on any atom is -0.493 e. The zero-order chi connectivity index (χ0) is 23.4. The molecule has 3 aromatic rings. The highest BCUT2D eigenvalue weighted by molar-refractivity contribution is 8.04. The van der Waals surface area contributed by atoms with Gasteiger partial charge in [0, 0.05) is 24.1 Å². The van der Waals surface area contributed by atoms with Crippen molar-refractivity contribution in [2.75, 3.05) is 26.2 Å². The van der Waals surface area contributed by atoms with Gasteiger partial charge in [-0.1, -0.05) is 48.2 Å². The Bertz CT molecular complexity index is 1220. The van der Waals surface area contributed by atoms with Crippen molar-refractivity contribution < 1.29 is 19.1 Å². The molecule has 7 heteroatoms. The molecule has 1 aliphatic heterocycles. The largest absolute Gasteiger partial charge is 0.493 e. The molecule has 0 unspecified atom stereocenters. The number of anilines is 1. The van der Waals surface area contributed by atoms with Crippen LogP contribution in [-0.4, -0.2) is 33.1 Å². The summed E-state index contributed by atoms with van der Waals surface area (Å²) < 4.78 is 10.6. The van der Waals surface area contributed by atoms with E-state index >= 15 is 0 Å². The van der Waals surface area contributed by atoms with Crippen molar-refractivity contribution >= 4 is 35.3 Å². The molecule has 0 spiro atoms. The number of carbonyl (C=O) groups is 2. The number of methoxy groups -OCH3 is 2. The summed E-state index contributed by atoms with van der Waals surface area (Å²) in [7, 11) is 4.88. The predicted molar refractivity (Wildman–Crippen MR) is 131 cm³/mol. The number of amides is 2. The fourth-order valence-electron chi connectivity index (χ4n) is 3.51. The SMILES string of the molecule is COc1ccc(C=C2Sc3ccc(C(=O)NCc4ccccc4)cc3N(C)C2=O)cc1OC. The Labute approximate surface area is 197 Å². The lowest BCUT2D eigenvalue weighted by molar-refractivity contribution is -0.114. The highest BCUT2D eigenvalue weighted by Crippen LogP contribution is 2.42. The average Bonchev–Trinajstić information content (AvgIpc) is 2.86. The van der Waals surface area contributed by atoms with Gasteiger partial charge in [-0.3, -0.25) is 9.59 Å². The molecule has 33 heavy (non-hydrogen) atoms. The summed E-state index contributed by atoms with van der Waals surface area (Å²) in [6, 6.07) is 20.7. The molecular weight excluding hydrogens is 436 g/mol. The van der Waals surface area contributed by atoms with Crippen molar-refractivity contribution in [3.8, 4) is 11.5 Å². The molecule has 0 saturated heterocycles. The molecule has 0 saturated carbocycles. The van der Waals surface area contributed by atoms with E-state index in [2.05, 4.69) is 5.32 Å². The molecule has 1 N–H and O–H groups in total. The Morgan fingerprint density at radius 3 is 2.48 bits per heavy atom. The van der Waals surface area contributed by atoms with Crippen LogP contribution in [0.1, 0.15) is 21.5 Å². The zero-order valence-electron chi connectivity index (χ0n) is 18.6. The number of hydrogen-bond donors (Lipinski definition) is 1. The van der Waals surface area contributed by atoms with Gasteiger partial charge in [-0.15, -0.1) is 0 Å². The molecule has 2 amide bonds. The van der Waals surface area contributed by atoms with E-state index in [1.165, 1.54) is 11.8 Å². The van der Waals surface area contributed by atoms with Crippen LogP contribution >= 0.6 is 11.8 Å². The van der Waals surface area contributed by atoms with Crippen molar-refractivity contribution in [2.45, 2.75) is 11.4 Å². The summed E-state index contributed by atoms with van der Waals surface area (Å²) in [6.07, 6.45) is 1.83. The highest BCUT2D eigenvalue weighted by Gasteiger charge is 2.27. The molecule has 4 rings (SSSR count). The first-order valence-corrected chi connectivity index (χ1v) is 11.2. The zero-order valence-corrected chi connectivity index (χ0v) is 19.4. The van der Waals surface area contributed by atoms with Gasteiger partial charge in [-0.2, -0.15) is 0 Å². The quantitative estimate of drug-likeness (QED) is 0.538. The van der Waals surface area contributed by atoms with E-state index in [0.717, 1.165) is 16.0 Å². The maximum atomic E-state index is 13.0. The van der Waals surface area contributed by atoms with E-state index < -0.39 is 0 Å². The molecule has 1 heterocycles. The third kappa shape index (κ3) is 4.88. The molecular formula is C26H24N2O4S. The van der Waals surface area contributed by atoms with E-state index in [0.29, 0.717) is 34.2 Å². The number of carbonyl (C=O) groups excluding carboxylic acids is 2. The lowest BCUT2D eigenvalue weighted by Crippen LogP contribution is -2.31. The number of thioether (sulfide) groups is 1. The van der Waals surface area contributed by atoms with E-state index in [4.69, 9.17) is 9.47 Å². The molecule has 3 aromatic carbocycles. The molecule has 0 radical (unpaired) electrons. The third-order valence-electron chi connectivity index (χ3n) is 5.32. The number of nitrogens with one attached hydrogen (secondary N) is 1. The van der Waals surface area contributed by atoms with Crippen LogP contribution in [0.5, 0.6) is 11.5 Å². The van der Waals surface area contributed by atoms with Gasteiger partial charge >= 0.3 is 0 Å². The first-order valence-electron chi connectivity index (χ1n) is 10.4. The fourth-order valence-corrected chi connectivity index (χ4v) is 4.60. The number of fused-ring (bicyclic) bond motifs is 1. The minimum atomic E-state index is -0.181. The maximum Gasteiger partial charge on any atom is 0.264 e. The molecule has 0 aromatic heterocycles. The van der Waals surface area contributed by atoms with Crippen molar-refractivity contribution in [2.24, 2.45) is 0 Å².